The van der Waals surface area contributed by atoms with Crippen LogP contribution in [0.1, 0.15) is 12.8 Å². The van der Waals surface area contributed by atoms with Gasteiger partial charge in [0.2, 0.25) is 5.95 Å². The molecule has 0 amide bonds. The van der Waals surface area contributed by atoms with E-state index in [0.29, 0.717) is 11.9 Å². The fourth-order valence-corrected chi connectivity index (χ4v) is 3.62. The molecule has 0 unspecified atom stereocenters. The number of hydrogen-bond donors (Lipinski definition) is 2. The third-order valence-corrected chi connectivity index (χ3v) is 5.02. The molecule has 1 aliphatic carbocycles. The Bertz CT molecular complexity index is 543. The highest BCUT2D eigenvalue weighted by atomic mass is 16.5. The Kier molecular flexibility index (Phi) is 3.54. The van der Waals surface area contributed by atoms with E-state index in [1.807, 2.05) is 6.07 Å². The van der Waals surface area contributed by atoms with Gasteiger partial charge in [-0.2, -0.15) is 9.97 Å². The van der Waals surface area contributed by atoms with Gasteiger partial charge in [0.05, 0.1) is 13.2 Å². The normalized spacial score (nSPS) is 29.1. The standard InChI is InChI=1S/C15H24N6O/c16-12-9-21(8-11(12)10-1-2-10)14-7-13(18-15(17)19-14)20-3-5-22-6-4-20/h7,10-12H,1-6,8-9,16H2,(H2,17,18,19)/t11-,12+/m0/s1. The molecule has 22 heavy (non-hydrogen) atoms. The molecule has 7 heteroatoms. The number of morpholine rings is 1. The first kappa shape index (κ1) is 14.0. The van der Waals surface area contributed by atoms with Crippen LogP contribution in [0.2, 0.25) is 0 Å². The van der Waals surface area contributed by atoms with Crippen molar-refractivity contribution in [3.63, 3.8) is 0 Å². The van der Waals surface area contributed by atoms with E-state index in [2.05, 4.69) is 19.8 Å². The van der Waals surface area contributed by atoms with E-state index in [1.54, 1.807) is 0 Å². The van der Waals surface area contributed by atoms with E-state index in [1.165, 1.54) is 12.8 Å². The van der Waals surface area contributed by atoms with Gasteiger partial charge < -0.3 is 26.0 Å². The van der Waals surface area contributed by atoms with Crippen molar-refractivity contribution in [1.82, 2.24) is 9.97 Å². The molecule has 2 saturated heterocycles. The third-order valence-electron chi connectivity index (χ3n) is 5.02. The number of nitrogens with zero attached hydrogens (tertiary/aromatic N) is 4. The SMILES string of the molecule is Nc1nc(N2CCOCC2)cc(N2C[C@@H](N)[C@H](C3CC3)C2)n1. The second kappa shape index (κ2) is 5.55. The first-order valence-corrected chi connectivity index (χ1v) is 8.18. The van der Waals surface area contributed by atoms with Crippen LogP contribution in [0.3, 0.4) is 0 Å². The molecule has 1 saturated carbocycles. The molecule has 0 aromatic carbocycles. The second-order valence-electron chi connectivity index (χ2n) is 6.61. The fraction of sp³-hybridized carbons (Fsp3) is 0.733. The first-order valence-electron chi connectivity index (χ1n) is 8.18. The Hall–Kier alpha value is -1.60. The van der Waals surface area contributed by atoms with Crippen LogP contribution < -0.4 is 21.3 Å². The number of ether oxygens (including phenoxy) is 1. The molecule has 1 aromatic rings. The predicted molar refractivity (Wildman–Crippen MR) is 85.9 cm³/mol. The maximum atomic E-state index is 6.32. The quantitative estimate of drug-likeness (QED) is 0.816. The summed E-state index contributed by atoms with van der Waals surface area (Å²) < 4.78 is 5.40. The number of hydrogen-bond acceptors (Lipinski definition) is 7. The van der Waals surface area contributed by atoms with Crippen LogP contribution in [0.4, 0.5) is 17.6 Å². The van der Waals surface area contributed by atoms with Crippen molar-refractivity contribution in [1.29, 1.82) is 0 Å². The lowest BCUT2D eigenvalue weighted by atomic mass is 9.99. The number of rotatable bonds is 3. The monoisotopic (exact) mass is 304 g/mol. The summed E-state index contributed by atoms with van der Waals surface area (Å²) >= 11 is 0. The lowest BCUT2D eigenvalue weighted by Gasteiger charge is -2.28. The maximum Gasteiger partial charge on any atom is 0.223 e. The van der Waals surface area contributed by atoms with Gasteiger partial charge in [-0.15, -0.1) is 0 Å². The average molecular weight is 304 g/mol. The van der Waals surface area contributed by atoms with E-state index in [4.69, 9.17) is 16.2 Å². The maximum absolute atomic E-state index is 6.32. The topological polar surface area (TPSA) is 93.5 Å². The first-order chi connectivity index (χ1) is 10.7. The van der Waals surface area contributed by atoms with Crippen LogP contribution in [0, 0.1) is 11.8 Å². The van der Waals surface area contributed by atoms with E-state index in [9.17, 15) is 0 Å². The van der Waals surface area contributed by atoms with Crippen molar-refractivity contribution in [2.45, 2.75) is 18.9 Å². The summed E-state index contributed by atoms with van der Waals surface area (Å²) in [5.41, 5.74) is 12.3. The van der Waals surface area contributed by atoms with Gasteiger partial charge in [-0.05, 0) is 24.7 Å². The summed E-state index contributed by atoms with van der Waals surface area (Å²) in [6, 6.07) is 2.29. The molecule has 3 fully saturated rings. The Labute approximate surface area is 130 Å². The minimum absolute atomic E-state index is 0.246. The Morgan fingerprint density at radius 3 is 2.41 bits per heavy atom. The van der Waals surface area contributed by atoms with Crippen LogP contribution in [0.15, 0.2) is 6.07 Å². The van der Waals surface area contributed by atoms with Gasteiger partial charge in [-0.25, -0.2) is 0 Å². The largest absolute Gasteiger partial charge is 0.378 e. The van der Waals surface area contributed by atoms with E-state index in [0.717, 1.165) is 56.9 Å². The Balaban J connectivity index is 1.55. The van der Waals surface area contributed by atoms with Gasteiger partial charge in [-0.3, -0.25) is 0 Å². The minimum Gasteiger partial charge on any atom is -0.378 e. The molecule has 3 heterocycles. The molecule has 7 nitrogen and oxygen atoms in total. The summed E-state index contributed by atoms with van der Waals surface area (Å²) in [7, 11) is 0. The predicted octanol–water partition coefficient (Wildman–Crippen LogP) is 0.0689. The zero-order valence-corrected chi connectivity index (χ0v) is 12.8. The van der Waals surface area contributed by atoms with E-state index in [-0.39, 0.29) is 6.04 Å². The summed E-state index contributed by atoms with van der Waals surface area (Å²) in [6.45, 7) is 5.01. The minimum atomic E-state index is 0.246. The molecule has 1 aromatic heterocycles. The molecule has 4 rings (SSSR count). The summed E-state index contributed by atoms with van der Waals surface area (Å²) in [6.07, 6.45) is 2.66. The number of anilines is 3. The number of nitrogen functional groups attached to an aromatic ring is 1. The van der Waals surface area contributed by atoms with E-state index >= 15 is 0 Å². The van der Waals surface area contributed by atoms with Crippen molar-refractivity contribution in [2.24, 2.45) is 17.6 Å². The molecule has 2 atom stereocenters. The van der Waals surface area contributed by atoms with Gasteiger partial charge in [0.15, 0.2) is 0 Å². The second-order valence-corrected chi connectivity index (χ2v) is 6.61. The van der Waals surface area contributed by atoms with Gasteiger partial charge in [0.25, 0.3) is 0 Å². The number of aromatic nitrogens is 2. The molecule has 4 N–H and O–H groups in total. The lowest BCUT2D eigenvalue weighted by Crippen LogP contribution is -2.37. The molecular formula is C15H24N6O. The highest BCUT2D eigenvalue weighted by molar-refractivity contribution is 5.55. The number of nitrogens with two attached hydrogens (primary N) is 2. The lowest BCUT2D eigenvalue weighted by molar-refractivity contribution is 0.122. The molecular weight excluding hydrogens is 280 g/mol. The molecule has 3 aliphatic rings. The van der Waals surface area contributed by atoms with Crippen LogP contribution in [-0.4, -0.2) is 55.4 Å². The average Bonchev–Trinajstić information content (AvgIpc) is 3.30. The van der Waals surface area contributed by atoms with Gasteiger partial charge >= 0.3 is 0 Å². The van der Waals surface area contributed by atoms with Gasteiger partial charge in [0, 0.05) is 38.3 Å². The highest BCUT2D eigenvalue weighted by Crippen LogP contribution is 2.41. The molecule has 120 valence electrons. The third kappa shape index (κ3) is 2.70. The summed E-state index contributed by atoms with van der Waals surface area (Å²) in [4.78, 5) is 13.3. The van der Waals surface area contributed by atoms with Crippen molar-refractivity contribution < 1.29 is 4.74 Å². The molecule has 0 radical (unpaired) electrons. The van der Waals surface area contributed by atoms with Crippen molar-refractivity contribution in [3.05, 3.63) is 6.07 Å². The Morgan fingerprint density at radius 1 is 1.05 bits per heavy atom. The summed E-state index contributed by atoms with van der Waals surface area (Å²) in [5.74, 6) is 3.56. The zero-order chi connectivity index (χ0) is 15.1. The molecule has 2 aliphatic heterocycles. The molecule has 0 spiro atoms. The van der Waals surface area contributed by atoms with Crippen molar-refractivity contribution in [2.75, 3.05) is 54.9 Å². The highest BCUT2D eigenvalue weighted by Gasteiger charge is 2.41. The smallest absolute Gasteiger partial charge is 0.223 e. The summed E-state index contributed by atoms with van der Waals surface area (Å²) in [5, 5.41) is 0. The van der Waals surface area contributed by atoms with Crippen molar-refractivity contribution >= 4 is 17.6 Å². The fourth-order valence-electron chi connectivity index (χ4n) is 3.62. The van der Waals surface area contributed by atoms with Crippen LogP contribution in [-0.2, 0) is 4.74 Å². The van der Waals surface area contributed by atoms with Gasteiger partial charge in [0.1, 0.15) is 11.6 Å². The van der Waals surface area contributed by atoms with Crippen LogP contribution in [0.5, 0.6) is 0 Å². The van der Waals surface area contributed by atoms with Gasteiger partial charge in [-0.1, -0.05) is 0 Å². The van der Waals surface area contributed by atoms with Crippen LogP contribution in [0.25, 0.3) is 0 Å². The Morgan fingerprint density at radius 2 is 1.73 bits per heavy atom. The van der Waals surface area contributed by atoms with E-state index < -0.39 is 0 Å². The zero-order valence-electron chi connectivity index (χ0n) is 12.8. The molecule has 0 bridgehead atoms. The van der Waals surface area contributed by atoms with Crippen LogP contribution >= 0.6 is 0 Å². The van der Waals surface area contributed by atoms with Crippen molar-refractivity contribution in [3.8, 4) is 0 Å².